The van der Waals surface area contributed by atoms with Crippen molar-refractivity contribution in [1.29, 1.82) is 0 Å². The Balaban J connectivity index is 2.28. The number of nitrogens with zero attached hydrogens (tertiary/aromatic N) is 1. The quantitative estimate of drug-likeness (QED) is 0.671. The highest BCUT2D eigenvalue weighted by Gasteiger charge is 2.26. The first kappa shape index (κ1) is 13.5. The lowest BCUT2D eigenvalue weighted by Gasteiger charge is -2.18. The molecule has 1 aromatic rings. The predicted octanol–water partition coefficient (Wildman–Crippen LogP) is 2.33. The molecule has 0 saturated carbocycles. The Morgan fingerprint density at radius 1 is 1.58 bits per heavy atom. The summed E-state index contributed by atoms with van der Waals surface area (Å²) in [6.07, 6.45) is 0.737. The van der Waals surface area contributed by atoms with E-state index in [0.717, 1.165) is 12.5 Å². The number of anilines is 1. The molecule has 0 spiro atoms. The molecular weight excluding hydrogens is 255 g/mol. The highest BCUT2D eigenvalue weighted by molar-refractivity contribution is 5.59. The van der Waals surface area contributed by atoms with Crippen molar-refractivity contribution in [2.75, 3.05) is 19.0 Å². The minimum atomic E-state index is -0.674. The molecule has 2 rings (SSSR count). The van der Waals surface area contributed by atoms with Gasteiger partial charge in [0.05, 0.1) is 35.9 Å². The van der Waals surface area contributed by atoms with E-state index in [0.29, 0.717) is 6.61 Å². The van der Waals surface area contributed by atoms with Gasteiger partial charge in [0, 0.05) is 12.7 Å². The van der Waals surface area contributed by atoms with Crippen LogP contribution in [0.2, 0.25) is 0 Å². The molecule has 0 bridgehead atoms. The van der Waals surface area contributed by atoms with Gasteiger partial charge >= 0.3 is 5.69 Å². The van der Waals surface area contributed by atoms with Gasteiger partial charge in [0.15, 0.2) is 11.6 Å². The molecule has 7 heteroatoms. The van der Waals surface area contributed by atoms with Gasteiger partial charge in [0.1, 0.15) is 0 Å². The van der Waals surface area contributed by atoms with Crippen molar-refractivity contribution < 1.29 is 18.8 Å². The van der Waals surface area contributed by atoms with Crippen LogP contribution < -0.4 is 10.1 Å². The second-order valence-electron chi connectivity index (χ2n) is 4.38. The van der Waals surface area contributed by atoms with Gasteiger partial charge in [-0.1, -0.05) is 0 Å². The van der Waals surface area contributed by atoms with E-state index >= 15 is 0 Å². The van der Waals surface area contributed by atoms with E-state index in [2.05, 4.69) is 5.32 Å². The van der Waals surface area contributed by atoms with Crippen LogP contribution in [0.15, 0.2) is 12.1 Å². The van der Waals surface area contributed by atoms with E-state index < -0.39 is 10.7 Å². The van der Waals surface area contributed by atoms with Gasteiger partial charge in [-0.25, -0.2) is 4.39 Å². The molecule has 2 unspecified atom stereocenters. The van der Waals surface area contributed by atoms with E-state index in [1.807, 2.05) is 6.92 Å². The van der Waals surface area contributed by atoms with E-state index in [4.69, 9.17) is 9.47 Å². The van der Waals surface area contributed by atoms with Crippen LogP contribution in [0, 0.1) is 15.9 Å². The zero-order chi connectivity index (χ0) is 14.0. The van der Waals surface area contributed by atoms with Gasteiger partial charge in [-0.2, -0.15) is 0 Å². The summed E-state index contributed by atoms with van der Waals surface area (Å²) in [5.74, 6) is -0.646. The summed E-state index contributed by atoms with van der Waals surface area (Å²) in [6, 6.07) is 2.15. The summed E-state index contributed by atoms with van der Waals surface area (Å²) >= 11 is 0. The Kier molecular flexibility index (Phi) is 3.84. The SMILES string of the molecule is COc1cc(NC2CCOC2C)c(F)cc1[N+](=O)[O-]. The fourth-order valence-corrected chi connectivity index (χ4v) is 2.08. The van der Waals surface area contributed by atoms with Crippen LogP contribution in [-0.4, -0.2) is 30.8 Å². The van der Waals surface area contributed by atoms with Gasteiger partial charge in [-0.15, -0.1) is 0 Å². The van der Waals surface area contributed by atoms with Crippen molar-refractivity contribution in [1.82, 2.24) is 0 Å². The number of nitrogens with one attached hydrogen (secondary N) is 1. The minimum absolute atomic E-state index is 0.0133. The molecule has 1 aliphatic heterocycles. The molecular formula is C12H15FN2O4. The molecule has 1 aromatic carbocycles. The molecule has 2 atom stereocenters. The van der Waals surface area contributed by atoms with Gasteiger partial charge in [0.2, 0.25) is 0 Å². The normalized spacial score (nSPS) is 22.3. The van der Waals surface area contributed by atoms with Crippen LogP contribution in [0.25, 0.3) is 0 Å². The minimum Gasteiger partial charge on any atom is -0.490 e. The lowest BCUT2D eigenvalue weighted by Crippen LogP contribution is -2.27. The summed E-state index contributed by atoms with van der Waals surface area (Å²) < 4.78 is 24.1. The summed E-state index contributed by atoms with van der Waals surface area (Å²) in [7, 11) is 1.31. The lowest BCUT2D eigenvalue weighted by molar-refractivity contribution is -0.385. The highest BCUT2D eigenvalue weighted by Crippen LogP contribution is 2.33. The van der Waals surface area contributed by atoms with Crippen molar-refractivity contribution >= 4 is 11.4 Å². The summed E-state index contributed by atoms with van der Waals surface area (Å²) in [5.41, 5.74) is -0.203. The number of halogens is 1. The third-order valence-corrected chi connectivity index (χ3v) is 3.18. The van der Waals surface area contributed by atoms with Crippen LogP contribution in [-0.2, 0) is 4.74 Å². The lowest BCUT2D eigenvalue weighted by atomic mass is 10.1. The number of methoxy groups -OCH3 is 1. The van der Waals surface area contributed by atoms with E-state index in [1.165, 1.54) is 13.2 Å². The molecule has 1 saturated heterocycles. The molecule has 104 valence electrons. The predicted molar refractivity (Wildman–Crippen MR) is 67.0 cm³/mol. The zero-order valence-corrected chi connectivity index (χ0v) is 10.7. The first-order valence-corrected chi connectivity index (χ1v) is 5.93. The largest absolute Gasteiger partial charge is 0.490 e. The number of hydrogen-bond donors (Lipinski definition) is 1. The average Bonchev–Trinajstić information content (AvgIpc) is 2.77. The van der Waals surface area contributed by atoms with Crippen molar-refractivity contribution in [3.05, 3.63) is 28.1 Å². The Hall–Kier alpha value is -1.89. The van der Waals surface area contributed by atoms with Crippen molar-refractivity contribution in [2.24, 2.45) is 0 Å². The van der Waals surface area contributed by atoms with Crippen molar-refractivity contribution in [3.63, 3.8) is 0 Å². The van der Waals surface area contributed by atoms with Crippen LogP contribution in [0.4, 0.5) is 15.8 Å². The molecule has 1 N–H and O–H groups in total. The maximum Gasteiger partial charge on any atom is 0.313 e. The molecule has 1 fully saturated rings. The molecule has 0 radical (unpaired) electrons. The fourth-order valence-electron chi connectivity index (χ4n) is 2.08. The molecule has 19 heavy (non-hydrogen) atoms. The second kappa shape index (κ2) is 5.40. The number of nitro groups is 1. The second-order valence-corrected chi connectivity index (χ2v) is 4.38. The van der Waals surface area contributed by atoms with Crippen LogP contribution in [0.5, 0.6) is 5.75 Å². The van der Waals surface area contributed by atoms with Crippen molar-refractivity contribution in [2.45, 2.75) is 25.5 Å². The first-order valence-electron chi connectivity index (χ1n) is 5.93. The van der Waals surface area contributed by atoms with Crippen LogP contribution >= 0.6 is 0 Å². The smallest absolute Gasteiger partial charge is 0.313 e. The van der Waals surface area contributed by atoms with Crippen LogP contribution in [0.1, 0.15) is 13.3 Å². The molecule has 0 amide bonds. The average molecular weight is 270 g/mol. The van der Waals surface area contributed by atoms with Crippen molar-refractivity contribution in [3.8, 4) is 5.75 Å². The summed E-state index contributed by atoms with van der Waals surface area (Å²) in [6.45, 7) is 2.51. The highest BCUT2D eigenvalue weighted by atomic mass is 19.1. The Morgan fingerprint density at radius 3 is 2.84 bits per heavy atom. The third-order valence-electron chi connectivity index (χ3n) is 3.18. The third kappa shape index (κ3) is 2.76. The summed E-state index contributed by atoms with van der Waals surface area (Å²) in [5, 5.41) is 13.8. The number of ether oxygens (including phenoxy) is 2. The van der Waals surface area contributed by atoms with Gasteiger partial charge in [-0.05, 0) is 13.3 Å². The number of nitro benzene ring substituents is 1. The Labute approximate surface area is 109 Å². The van der Waals surface area contributed by atoms with E-state index in [1.54, 1.807) is 0 Å². The zero-order valence-electron chi connectivity index (χ0n) is 10.7. The van der Waals surface area contributed by atoms with Gasteiger partial charge in [0.25, 0.3) is 0 Å². The maximum atomic E-state index is 13.8. The first-order chi connectivity index (χ1) is 9.02. The molecule has 1 heterocycles. The molecule has 0 aromatic heterocycles. The molecule has 1 aliphatic rings. The molecule has 6 nitrogen and oxygen atoms in total. The number of hydrogen-bond acceptors (Lipinski definition) is 5. The van der Waals surface area contributed by atoms with Crippen LogP contribution in [0.3, 0.4) is 0 Å². The fraction of sp³-hybridized carbons (Fsp3) is 0.500. The Morgan fingerprint density at radius 2 is 2.32 bits per heavy atom. The topological polar surface area (TPSA) is 73.6 Å². The molecule has 0 aliphatic carbocycles. The van der Waals surface area contributed by atoms with Gasteiger partial charge in [-0.3, -0.25) is 10.1 Å². The maximum absolute atomic E-state index is 13.8. The monoisotopic (exact) mass is 270 g/mol. The standard InChI is InChI=1S/C12H15FN2O4/c1-7-9(3-4-19-7)14-10-6-12(18-2)11(15(16)17)5-8(10)13/h5-7,9,14H,3-4H2,1-2H3. The Bertz CT molecular complexity index is 495. The van der Waals surface area contributed by atoms with E-state index in [9.17, 15) is 14.5 Å². The van der Waals surface area contributed by atoms with Gasteiger partial charge < -0.3 is 14.8 Å². The number of benzene rings is 1. The summed E-state index contributed by atoms with van der Waals surface area (Å²) in [4.78, 5) is 10.1. The van der Waals surface area contributed by atoms with E-state index in [-0.39, 0.29) is 29.3 Å². The number of rotatable bonds is 4.